The van der Waals surface area contributed by atoms with Crippen molar-refractivity contribution < 1.29 is 17.6 Å². The summed E-state index contributed by atoms with van der Waals surface area (Å²) in [5, 5.41) is 3.60. The molecule has 3 aromatic rings. The Hall–Kier alpha value is -2.22. The van der Waals surface area contributed by atoms with Gasteiger partial charge in [-0.3, -0.25) is 0 Å². The Morgan fingerprint density at radius 1 is 1.12 bits per heavy atom. The Morgan fingerprint density at radius 3 is 2.60 bits per heavy atom. The molecule has 25 heavy (non-hydrogen) atoms. The average Bonchev–Trinajstić information content (AvgIpc) is 2.53. The van der Waals surface area contributed by atoms with Crippen molar-refractivity contribution in [1.82, 2.24) is 9.97 Å². The van der Waals surface area contributed by atoms with Crippen LogP contribution in [0.5, 0.6) is 0 Å². The minimum atomic E-state index is -4.73. The first-order valence-corrected chi connectivity index (χ1v) is 8.07. The maximum Gasteiger partial charge on any atom is 0.419 e. The lowest BCUT2D eigenvalue weighted by Gasteiger charge is -2.13. The first-order valence-electron chi connectivity index (χ1n) is 7.28. The van der Waals surface area contributed by atoms with Gasteiger partial charge in [-0.05, 0) is 31.2 Å². The first kappa shape index (κ1) is 17.6. The molecule has 0 bridgehead atoms. The van der Waals surface area contributed by atoms with Crippen molar-refractivity contribution in [2.24, 2.45) is 0 Å². The molecule has 0 aliphatic carbocycles. The third-order valence-electron chi connectivity index (χ3n) is 3.60. The fraction of sp³-hybridized carbons (Fsp3) is 0.176. The van der Waals surface area contributed by atoms with Gasteiger partial charge < -0.3 is 5.32 Å². The minimum Gasteiger partial charge on any atom is -0.365 e. The van der Waals surface area contributed by atoms with E-state index in [2.05, 4.69) is 31.2 Å². The summed E-state index contributed by atoms with van der Waals surface area (Å²) in [7, 11) is 0. The van der Waals surface area contributed by atoms with E-state index in [-0.39, 0.29) is 12.1 Å². The number of benzene rings is 2. The Morgan fingerprint density at radius 2 is 1.88 bits per heavy atom. The monoisotopic (exact) mass is 413 g/mol. The van der Waals surface area contributed by atoms with Crippen molar-refractivity contribution in [2.45, 2.75) is 19.6 Å². The van der Waals surface area contributed by atoms with Crippen LogP contribution in [0.3, 0.4) is 0 Å². The molecule has 0 amide bonds. The van der Waals surface area contributed by atoms with Crippen molar-refractivity contribution in [1.29, 1.82) is 0 Å². The van der Waals surface area contributed by atoms with Gasteiger partial charge in [0, 0.05) is 22.0 Å². The quantitative estimate of drug-likeness (QED) is 0.578. The number of aromatic nitrogens is 2. The van der Waals surface area contributed by atoms with Gasteiger partial charge in [-0.15, -0.1) is 0 Å². The van der Waals surface area contributed by atoms with Crippen LogP contribution < -0.4 is 5.32 Å². The predicted octanol–water partition coefficient (Wildman–Crippen LogP) is 5.47. The minimum absolute atomic E-state index is 0.0887. The van der Waals surface area contributed by atoms with Gasteiger partial charge in [0.2, 0.25) is 0 Å². The second kappa shape index (κ2) is 6.59. The highest BCUT2D eigenvalue weighted by molar-refractivity contribution is 9.10. The zero-order valence-electron chi connectivity index (χ0n) is 13.0. The number of hydrogen-bond donors (Lipinski definition) is 1. The first-order chi connectivity index (χ1) is 11.8. The van der Waals surface area contributed by atoms with E-state index in [0.717, 1.165) is 10.5 Å². The lowest BCUT2D eigenvalue weighted by Crippen LogP contribution is -2.12. The summed E-state index contributed by atoms with van der Waals surface area (Å²) in [4.78, 5) is 8.57. The number of anilines is 1. The van der Waals surface area contributed by atoms with E-state index in [1.807, 2.05) is 6.07 Å². The molecule has 0 atom stereocenters. The fourth-order valence-corrected chi connectivity index (χ4v) is 2.83. The Kier molecular flexibility index (Phi) is 4.64. The van der Waals surface area contributed by atoms with Crippen LogP contribution >= 0.6 is 15.9 Å². The second-order valence-corrected chi connectivity index (χ2v) is 6.33. The van der Waals surface area contributed by atoms with Crippen molar-refractivity contribution >= 4 is 32.7 Å². The second-order valence-electron chi connectivity index (χ2n) is 5.41. The molecule has 0 radical (unpaired) electrons. The highest BCUT2D eigenvalue weighted by atomic mass is 79.9. The summed E-state index contributed by atoms with van der Waals surface area (Å²) in [6.07, 6.45) is -4.73. The number of fused-ring (bicyclic) bond motifs is 1. The van der Waals surface area contributed by atoms with E-state index in [1.165, 1.54) is 12.1 Å². The molecule has 1 aromatic heterocycles. The molecule has 1 N–H and O–H groups in total. The molecule has 0 fully saturated rings. The molecule has 0 spiro atoms. The van der Waals surface area contributed by atoms with E-state index in [4.69, 9.17) is 0 Å². The predicted molar refractivity (Wildman–Crippen MR) is 90.7 cm³/mol. The van der Waals surface area contributed by atoms with Gasteiger partial charge in [-0.1, -0.05) is 28.1 Å². The summed E-state index contributed by atoms with van der Waals surface area (Å²) >= 11 is 3.36. The molecule has 8 heteroatoms. The molecule has 3 nitrogen and oxygen atoms in total. The largest absolute Gasteiger partial charge is 0.419 e. The van der Waals surface area contributed by atoms with Crippen LogP contribution in [-0.4, -0.2) is 9.97 Å². The lowest BCUT2D eigenvalue weighted by atomic mass is 10.1. The summed E-state index contributed by atoms with van der Waals surface area (Å²) in [6.45, 7) is 1.57. The van der Waals surface area contributed by atoms with Gasteiger partial charge in [-0.2, -0.15) is 13.2 Å². The molecule has 0 aliphatic heterocycles. The zero-order chi connectivity index (χ0) is 18.2. The van der Waals surface area contributed by atoms with Crippen molar-refractivity contribution in [2.75, 3.05) is 5.32 Å². The Bertz CT molecular complexity index is 941. The topological polar surface area (TPSA) is 37.8 Å². The molecule has 0 unspecified atom stereocenters. The van der Waals surface area contributed by atoms with E-state index in [9.17, 15) is 17.6 Å². The summed E-state index contributed by atoms with van der Waals surface area (Å²) < 4.78 is 53.4. The molecule has 1 heterocycles. The van der Waals surface area contributed by atoms with Gasteiger partial charge in [0.15, 0.2) is 0 Å². The molecule has 3 rings (SSSR count). The van der Waals surface area contributed by atoms with E-state index >= 15 is 0 Å². The van der Waals surface area contributed by atoms with Gasteiger partial charge in [0.05, 0.1) is 11.1 Å². The van der Waals surface area contributed by atoms with Crippen LogP contribution in [0.2, 0.25) is 0 Å². The number of nitrogens with one attached hydrogen (secondary N) is 1. The van der Waals surface area contributed by atoms with E-state index in [1.54, 1.807) is 19.1 Å². The van der Waals surface area contributed by atoms with E-state index in [0.29, 0.717) is 22.5 Å². The van der Waals surface area contributed by atoms with Gasteiger partial charge in [0.1, 0.15) is 17.5 Å². The lowest BCUT2D eigenvalue weighted by molar-refractivity contribution is -0.140. The fourth-order valence-electron chi connectivity index (χ4n) is 2.47. The van der Waals surface area contributed by atoms with Crippen molar-refractivity contribution in [3.63, 3.8) is 0 Å². The van der Waals surface area contributed by atoms with Crippen LogP contribution in [0.25, 0.3) is 10.9 Å². The normalized spacial score (nSPS) is 11.8. The van der Waals surface area contributed by atoms with Crippen molar-refractivity contribution in [3.8, 4) is 0 Å². The number of hydrogen-bond acceptors (Lipinski definition) is 3. The standard InChI is InChI=1S/C17H12BrF4N3/c1-9-24-14-6-5-11(18)7-12(14)16(25-9)23-8-10-3-2-4-13(15(10)19)17(20,21)22/h2-7H,8H2,1H3,(H,23,24,25). The third-order valence-corrected chi connectivity index (χ3v) is 4.09. The molecule has 0 aliphatic rings. The summed E-state index contributed by atoms with van der Waals surface area (Å²) in [5.74, 6) is -0.346. The van der Waals surface area contributed by atoms with Gasteiger partial charge >= 0.3 is 6.18 Å². The smallest absolute Gasteiger partial charge is 0.365 e. The van der Waals surface area contributed by atoms with Crippen molar-refractivity contribution in [3.05, 3.63) is 63.6 Å². The van der Waals surface area contributed by atoms with Gasteiger partial charge in [0.25, 0.3) is 0 Å². The SMILES string of the molecule is Cc1nc(NCc2cccc(C(F)(F)F)c2F)c2cc(Br)ccc2n1. The van der Waals surface area contributed by atoms with Crippen LogP contribution in [0, 0.1) is 12.7 Å². The van der Waals surface area contributed by atoms with Crippen LogP contribution in [0.1, 0.15) is 17.0 Å². The number of nitrogens with zero attached hydrogens (tertiary/aromatic N) is 2. The summed E-state index contributed by atoms with van der Waals surface area (Å²) in [6, 6.07) is 8.63. The van der Waals surface area contributed by atoms with Crippen LogP contribution in [0.15, 0.2) is 40.9 Å². The van der Waals surface area contributed by atoms with Crippen LogP contribution in [0.4, 0.5) is 23.4 Å². The van der Waals surface area contributed by atoms with Crippen LogP contribution in [-0.2, 0) is 12.7 Å². The molecule has 130 valence electrons. The highest BCUT2D eigenvalue weighted by Crippen LogP contribution is 2.32. The molecular formula is C17H12BrF4N3. The Balaban J connectivity index is 1.95. The molecule has 2 aromatic carbocycles. The van der Waals surface area contributed by atoms with E-state index < -0.39 is 17.6 Å². The number of rotatable bonds is 3. The van der Waals surface area contributed by atoms with Gasteiger partial charge in [-0.25, -0.2) is 14.4 Å². The zero-order valence-corrected chi connectivity index (χ0v) is 14.5. The molecular weight excluding hydrogens is 402 g/mol. The maximum absolute atomic E-state index is 14.1. The maximum atomic E-state index is 14.1. The average molecular weight is 414 g/mol. The molecule has 0 saturated carbocycles. The number of halogens is 5. The number of alkyl halides is 3. The summed E-state index contributed by atoms with van der Waals surface area (Å²) in [5.41, 5.74) is -0.685. The third kappa shape index (κ3) is 3.73. The Labute approximate surface area is 149 Å². The highest BCUT2D eigenvalue weighted by Gasteiger charge is 2.34. The molecule has 0 saturated heterocycles. The number of aryl methyl sites for hydroxylation is 1.